The van der Waals surface area contributed by atoms with Crippen LogP contribution in [0.25, 0.3) is 0 Å². The van der Waals surface area contributed by atoms with Gasteiger partial charge in [-0.05, 0) is 31.5 Å². The fourth-order valence-electron chi connectivity index (χ4n) is 1.95. The molecular weight excluding hydrogens is 241 g/mol. The summed E-state index contributed by atoms with van der Waals surface area (Å²) in [5.41, 5.74) is 0.356. The van der Waals surface area contributed by atoms with E-state index in [1.807, 2.05) is 7.05 Å². The minimum atomic E-state index is -0.431. The molecule has 0 aliphatic rings. The molecule has 19 heavy (non-hydrogen) atoms. The number of rotatable bonds is 5. The molecule has 0 saturated heterocycles. The van der Waals surface area contributed by atoms with Crippen LogP contribution in [-0.2, 0) is 0 Å². The lowest BCUT2D eigenvalue weighted by atomic mass is 9.87. The Morgan fingerprint density at radius 3 is 2.42 bits per heavy atom. The van der Waals surface area contributed by atoms with E-state index in [0.717, 1.165) is 0 Å². The molecule has 0 amide bonds. The third kappa shape index (κ3) is 4.43. The molecule has 1 unspecified atom stereocenters. The average molecular weight is 265 g/mol. The van der Waals surface area contributed by atoms with Crippen LogP contribution >= 0.6 is 0 Å². The van der Waals surface area contributed by atoms with E-state index in [-0.39, 0.29) is 16.8 Å². The van der Waals surface area contributed by atoms with Crippen molar-refractivity contribution in [1.29, 1.82) is 0 Å². The van der Waals surface area contributed by atoms with Crippen LogP contribution in [-0.4, -0.2) is 30.3 Å². The molecule has 0 fully saturated rings. The zero-order valence-corrected chi connectivity index (χ0v) is 12.5. The Kier molecular flexibility index (Phi) is 5.24. The molecule has 0 aliphatic carbocycles. The normalized spacial score (nSPS) is 13.6. The Labute approximate surface area is 115 Å². The first-order valence-electron chi connectivity index (χ1n) is 6.71. The molecule has 0 saturated carbocycles. The Balaban J connectivity index is 2.58. The highest BCUT2D eigenvalue weighted by Crippen LogP contribution is 2.23. The van der Waals surface area contributed by atoms with Crippen molar-refractivity contribution < 1.29 is 9.18 Å². The fourth-order valence-corrected chi connectivity index (χ4v) is 1.95. The number of hydrogen-bond acceptors (Lipinski definition) is 2. The van der Waals surface area contributed by atoms with Gasteiger partial charge in [-0.25, -0.2) is 4.39 Å². The summed E-state index contributed by atoms with van der Waals surface area (Å²) in [6.45, 7) is 9.31. The van der Waals surface area contributed by atoms with Gasteiger partial charge in [0.1, 0.15) is 5.82 Å². The zero-order chi connectivity index (χ0) is 14.6. The third-order valence-corrected chi connectivity index (χ3v) is 3.78. The topological polar surface area (TPSA) is 20.3 Å². The maximum absolute atomic E-state index is 13.5. The van der Waals surface area contributed by atoms with Gasteiger partial charge < -0.3 is 4.90 Å². The van der Waals surface area contributed by atoms with Gasteiger partial charge in [-0.1, -0.05) is 32.9 Å². The molecule has 0 aromatic heterocycles. The van der Waals surface area contributed by atoms with Gasteiger partial charge in [0.15, 0.2) is 5.78 Å². The van der Waals surface area contributed by atoms with Gasteiger partial charge >= 0.3 is 0 Å². The van der Waals surface area contributed by atoms with E-state index in [0.29, 0.717) is 19.0 Å². The lowest BCUT2D eigenvalue weighted by Crippen LogP contribution is -2.40. The molecule has 1 atom stereocenters. The van der Waals surface area contributed by atoms with Crippen molar-refractivity contribution in [3.05, 3.63) is 35.6 Å². The maximum atomic E-state index is 13.5. The van der Waals surface area contributed by atoms with Crippen LogP contribution in [0.3, 0.4) is 0 Å². The monoisotopic (exact) mass is 265 g/mol. The fraction of sp³-hybridized carbons (Fsp3) is 0.562. The van der Waals surface area contributed by atoms with E-state index in [2.05, 4.69) is 32.6 Å². The highest BCUT2D eigenvalue weighted by Gasteiger charge is 2.24. The van der Waals surface area contributed by atoms with E-state index < -0.39 is 5.82 Å². The predicted octanol–water partition coefficient (Wildman–Crippen LogP) is 3.76. The standard InChI is InChI=1S/C16H24FNO/c1-12(16(2,3)4)18(5)11-10-15(19)13-8-6-7-9-14(13)17/h6-9,12H,10-11H2,1-5H3. The lowest BCUT2D eigenvalue weighted by molar-refractivity contribution is 0.0924. The smallest absolute Gasteiger partial charge is 0.167 e. The Morgan fingerprint density at radius 1 is 1.32 bits per heavy atom. The van der Waals surface area contributed by atoms with Crippen LogP contribution in [0.2, 0.25) is 0 Å². The molecule has 106 valence electrons. The summed E-state index contributed by atoms with van der Waals surface area (Å²) in [5, 5.41) is 0. The van der Waals surface area contributed by atoms with Crippen molar-refractivity contribution in [2.45, 2.75) is 40.2 Å². The molecule has 0 bridgehead atoms. The number of benzene rings is 1. The minimum absolute atomic E-state index is 0.133. The van der Waals surface area contributed by atoms with Gasteiger partial charge in [0.2, 0.25) is 0 Å². The third-order valence-electron chi connectivity index (χ3n) is 3.78. The van der Waals surface area contributed by atoms with Crippen LogP contribution in [0, 0.1) is 11.2 Å². The number of Topliss-reactive ketones (excluding diaryl/α,β-unsaturated/α-hetero) is 1. The molecule has 1 rings (SSSR count). The number of carbonyl (C=O) groups excluding carboxylic acids is 1. The Hall–Kier alpha value is -1.22. The maximum Gasteiger partial charge on any atom is 0.167 e. The van der Waals surface area contributed by atoms with Crippen LogP contribution < -0.4 is 0 Å². The second-order valence-electron chi connectivity index (χ2n) is 6.18. The van der Waals surface area contributed by atoms with Crippen LogP contribution in [0.1, 0.15) is 44.5 Å². The van der Waals surface area contributed by atoms with Gasteiger partial charge in [0.05, 0.1) is 5.56 Å². The summed E-state index contributed by atoms with van der Waals surface area (Å²) >= 11 is 0. The molecule has 0 radical (unpaired) electrons. The number of nitrogens with zero attached hydrogens (tertiary/aromatic N) is 1. The Bertz CT molecular complexity index is 437. The summed E-state index contributed by atoms with van der Waals surface area (Å²) in [5.74, 6) is -0.565. The van der Waals surface area contributed by atoms with Crippen molar-refractivity contribution >= 4 is 5.78 Å². The average Bonchev–Trinajstić information content (AvgIpc) is 2.34. The van der Waals surface area contributed by atoms with Crippen LogP contribution in [0.15, 0.2) is 24.3 Å². The van der Waals surface area contributed by atoms with Gasteiger partial charge in [-0.2, -0.15) is 0 Å². The predicted molar refractivity (Wildman–Crippen MR) is 76.9 cm³/mol. The van der Waals surface area contributed by atoms with Crippen molar-refractivity contribution in [3.8, 4) is 0 Å². The molecule has 1 aromatic carbocycles. The quantitative estimate of drug-likeness (QED) is 0.755. The Morgan fingerprint density at radius 2 is 1.89 bits per heavy atom. The molecule has 0 spiro atoms. The van der Waals surface area contributed by atoms with E-state index in [1.54, 1.807) is 18.2 Å². The van der Waals surface area contributed by atoms with Crippen molar-refractivity contribution in [2.75, 3.05) is 13.6 Å². The summed E-state index contributed by atoms with van der Waals surface area (Å²) in [6.07, 6.45) is 0.345. The number of carbonyl (C=O) groups is 1. The first-order valence-corrected chi connectivity index (χ1v) is 6.71. The van der Waals surface area contributed by atoms with E-state index >= 15 is 0 Å². The highest BCUT2D eigenvalue weighted by molar-refractivity contribution is 5.96. The summed E-state index contributed by atoms with van der Waals surface area (Å²) in [6, 6.07) is 6.53. The molecule has 2 nitrogen and oxygen atoms in total. The molecule has 1 aromatic rings. The number of ketones is 1. The van der Waals surface area contributed by atoms with E-state index in [1.165, 1.54) is 6.07 Å². The zero-order valence-electron chi connectivity index (χ0n) is 12.5. The van der Waals surface area contributed by atoms with Crippen LogP contribution in [0.4, 0.5) is 4.39 Å². The van der Waals surface area contributed by atoms with Crippen molar-refractivity contribution in [2.24, 2.45) is 5.41 Å². The van der Waals surface area contributed by atoms with Gasteiger partial charge in [-0.15, -0.1) is 0 Å². The largest absolute Gasteiger partial charge is 0.303 e. The lowest BCUT2D eigenvalue weighted by Gasteiger charge is -2.35. The van der Waals surface area contributed by atoms with Gasteiger partial charge in [0.25, 0.3) is 0 Å². The molecule has 0 heterocycles. The second kappa shape index (κ2) is 6.29. The molecular formula is C16H24FNO. The number of hydrogen-bond donors (Lipinski definition) is 0. The molecule has 3 heteroatoms. The summed E-state index contributed by atoms with van der Waals surface area (Å²) < 4.78 is 13.5. The first-order chi connectivity index (χ1) is 8.73. The van der Waals surface area contributed by atoms with Crippen LogP contribution in [0.5, 0.6) is 0 Å². The second-order valence-corrected chi connectivity index (χ2v) is 6.18. The van der Waals surface area contributed by atoms with Crippen molar-refractivity contribution in [3.63, 3.8) is 0 Å². The molecule has 0 N–H and O–H groups in total. The SMILES string of the molecule is CC(N(C)CCC(=O)c1ccccc1F)C(C)(C)C. The number of halogens is 1. The van der Waals surface area contributed by atoms with Crippen molar-refractivity contribution in [1.82, 2.24) is 4.90 Å². The summed E-state index contributed by atoms with van der Waals surface area (Å²) in [4.78, 5) is 14.1. The van der Waals surface area contributed by atoms with Gasteiger partial charge in [0, 0.05) is 19.0 Å². The minimum Gasteiger partial charge on any atom is -0.303 e. The first kappa shape index (κ1) is 15.8. The molecule has 0 aliphatic heterocycles. The highest BCUT2D eigenvalue weighted by atomic mass is 19.1. The van der Waals surface area contributed by atoms with E-state index in [9.17, 15) is 9.18 Å². The van der Waals surface area contributed by atoms with Gasteiger partial charge in [-0.3, -0.25) is 4.79 Å². The summed E-state index contributed by atoms with van der Waals surface area (Å²) in [7, 11) is 2.00. The van der Waals surface area contributed by atoms with E-state index in [4.69, 9.17) is 0 Å².